The van der Waals surface area contributed by atoms with Gasteiger partial charge in [0.05, 0.1) is 64.0 Å². The van der Waals surface area contributed by atoms with Gasteiger partial charge in [0, 0.05) is 5.54 Å². The SMILES string of the molecule is COc1cc([Si](c2cc(OC)c(OC)c(OC)c2C)(c2cc(OC)c(OC)c(OC)c2C)C2C(C)=C(C)C(C)=C2C)c(C)c(OC)c1OC. The molecule has 0 N–H and O–H groups in total. The molecular weight excluding hydrogens is 641 g/mol. The number of ether oxygens (including phenoxy) is 9. The zero-order valence-electron chi connectivity index (χ0n) is 32.0. The van der Waals surface area contributed by atoms with E-state index < -0.39 is 8.07 Å². The maximum Gasteiger partial charge on any atom is 0.203 e. The van der Waals surface area contributed by atoms with Gasteiger partial charge in [-0.2, -0.15) is 0 Å². The van der Waals surface area contributed by atoms with Crippen molar-refractivity contribution in [2.75, 3.05) is 64.0 Å². The number of hydrogen-bond acceptors (Lipinski definition) is 9. The molecule has 9 nitrogen and oxygen atoms in total. The molecule has 0 fully saturated rings. The molecule has 0 saturated heterocycles. The van der Waals surface area contributed by atoms with Crippen LogP contribution in [0.3, 0.4) is 0 Å². The molecule has 0 amide bonds. The van der Waals surface area contributed by atoms with Crippen molar-refractivity contribution in [1.29, 1.82) is 0 Å². The predicted octanol–water partition coefficient (Wildman–Crippen LogP) is 6.22. The highest BCUT2D eigenvalue weighted by atomic mass is 28.3. The Bertz CT molecular complexity index is 1630. The third-order valence-electron chi connectivity index (χ3n) is 10.6. The summed E-state index contributed by atoms with van der Waals surface area (Å²) in [6, 6.07) is 6.37. The van der Waals surface area contributed by atoms with Crippen LogP contribution in [0.5, 0.6) is 51.7 Å². The van der Waals surface area contributed by atoms with E-state index >= 15 is 0 Å². The van der Waals surface area contributed by atoms with E-state index in [0.29, 0.717) is 51.7 Å². The number of methoxy groups -OCH3 is 9. The molecule has 0 aromatic heterocycles. The molecule has 266 valence electrons. The van der Waals surface area contributed by atoms with Gasteiger partial charge in [0.1, 0.15) is 0 Å². The Morgan fingerprint density at radius 1 is 0.367 bits per heavy atom. The summed E-state index contributed by atoms with van der Waals surface area (Å²) in [7, 11) is 11.3. The first-order chi connectivity index (χ1) is 23.4. The van der Waals surface area contributed by atoms with Crippen LogP contribution >= 0.6 is 0 Å². The van der Waals surface area contributed by atoms with Crippen LogP contribution in [0.25, 0.3) is 0 Å². The minimum Gasteiger partial charge on any atom is -0.493 e. The Morgan fingerprint density at radius 2 is 0.612 bits per heavy atom. The summed E-state index contributed by atoms with van der Waals surface area (Å²) in [5.74, 6) is 5.03. The van der Waals surface area contributed by atoms with Crippen molar-refractivity contribution in [3.8, 4) is 51.7 Å². The smallest absolute Gasteiger partial charge is 0.203 e. The maximum atomic E-state index is 6.14. The lowest BCUT2D eigenvalue weighted by atomic mass is 10.1. The minimum atomic E-state index is -3.49. The summed E-state index contributed by atoms with van der Waals surface area (Å²) in [5.41, 5.74) is 7.78. The summed E-state index contributed by atoms with van der Waals surface area (Å²) in [4.78, 5) is 0. The Balaban J connectivity index is 2.54. The monoisotopic (exact) mass is 692 g/mol. The Morgan fingerprint density at radius 3 is 0.816 bits per heavy atom. The van der Waals surface area contributed by atoms with Crippen molar-refractivity contribution in [2.24, 2.45) is 0 Å². The van der Waals surface area contributed by atoms with Gasteiger partial charge in [-0.15, -0.1) is 0 Å². The quantitative estimate of drug-likeness (QED) is 0.153. The van der Waals surface area contributed by atoms with E-state index in [1.807, 2.05) is 0 Å². The van der Waals surface area contributed by atoms with Crippen LogP contribution in [0, 0.1) is 20.8 Å². The second-order valence-corrected chi connectivity index (χ2v) is 16.1. The van der Waals surface area contributed by atoms with E-state index in [9.17, 15) is 0 Å². The van der Waals surface area contributed by atoms with Crippen LogP contribution in [0.15, 0.2) is 40.5 Å². The van der Waals surface area contributed by atoms with Crippen molar-refractivity contribution in [1.82, 2.24) is 0 Å². The van der Waals surface area contributed by atoms with E-state index in [-0.39, 0.29) is 5.54 Å². The lowest BCUT2D eigenvalue weighted by molar-refractivity contribution is 0.323. The van der Waals surface area contributed by atoms with Gasteiger partial charge < -0.3 is 42.6 Å². The second-order valence-electron chi connectivity index (χ2n) is 12.3. The molecule has 0 spiro atoms. The molecule has 4 rings (SSSR count). The van der Waals surface area contributed by atoms with Gasteiger partial charge in [-0.25, -0.2) is 0 Å². The highest BCUT2D eigenvalue weighted by Crippen LogP contribution is 2.52. The summed E-state index contributed by atoms with van der Waals surface area (Å²) in [5, 5.41) is 3.17. The van der Waals surface area contributed by atoms with Crippen molar-refractivity contribution in [3.63, 3.8) is 0 Å². The summed E-state index contributed by atoms with van der Waals surface area (Å²) in [6.07, 6.45) is 0. The molecule has 3 aromatic carbocycles. The largest absolute Gasteiger partial charge is 0.493 e. The van der Waals surface area contributed by atoms with E-state index in [2.05, 4.69) is 66.7 Å². The highest BCUT2D eigenvalue weighted by Gasteiger charge is 2.54. The van der Waals surface area contributed by atoms with E-state index in [4.69, 9.17) is 42.6 Å². The molecule has 10 heteroatoms. The predicted molar refractivity (Wildman–Crippen MR) is 198 cm³/mol. The summed E-state index contributed by atoms with van der Waals surface area (Å²) in [6.45, 7) is 15.2. The van der Waals surface area contributed by atoms with Gasteiger partial charge >= 0.3 is 0 Å². The Kier molecular flexibility index (Phi) is 11.1. The van der Waals surface area contributed by atoms with Gasteiger partial charge in [-0.05, 0) is 110 Å². The fourth-order valence-corrected chi connectivity index (χ4v) is 14.8. The molecule has 0 atom stereocenters. The molecule has 0 bridgehead atoms. The molecule has 0 radical (unpaired) electrons. The zero-order chi connectivity index (χ0) is 36.5. The minimum absolute atomic E-state index is 0.0722. The molecule has 49 heavy (non-hydrogen) atoms. The Hall–Kier alpha value is -4.44. The van der Waals surface area contributed by atoms with Crippen LogP contribution in [0.1, 0.15) is 44.4 Å². The van der Waals surface area contributed by atoms with E-state index in [0.717, 1.165) is 32.3 Å². The van der Waals surface area contributed by atoms with Crippen LogP contribution in [0.2, 0.25) is 5.54 Å². The average molecular weight is 693 g/mol. The normalized spacial score (nSPS) is 13.5. The standard InChI is InChI=1S/C39H52O9Si/c1-20-21(2)23(4)39(22(20)3)49(30-17-27(40-8)36(46-14)33(43-11)24(30)5,31-18-28(41-9)37(47-15)34(44-12)25(31)6)32-19-29(42-10)38(48-16)35(45-13)26(32)7/h17-19,39H,1-16H3. The second kappa shape index (κ2) is 14.6. The number of benzene rings is 3. The van der Waals surface area contributed by atoms with Crippen molar-refractivity contribution >= 4 is 23.6 Å². The Labute approximate surface area is 292 Å². The first-order valence-corrected chi connectivity index (χ1v) is 18.2. The van der Waals surface area contributed by atoms with E-state index in [1.54, 1.807) is 64.0 Å². The average Bonchev–Trinajstić information content (AvgIpc) is 3.30. The third kappa shape index (κ3) is 5.44. The third-order valence-corrected chi connectivity index (χ3v) is 16.4. The fourth-order valence-electron chi connectivity index (χ4n) is 8.03. The van der Waals surface area contributed by atoms with E-state index in [1.165, 1.54) is 22.3 Å². The van der Waals surface area contributed by atoms with Gasteiger partial charge in [0.15, 0.2) is 42.6 Å². The van der Waals surface area contributed by atoms with Crippen molar-refractivity contribution < 1.29 is 42.6 Å². The number of hydrogen-bond donors (Lipinski definition) is 0. The van der Waals surface area contributed by atoms with Crippen LogP contribution in [-0.2, 0) is 0 Å². The molecule has 0 aliphatic heterocycles. The maximum absolute atomic E-state index is 6.14. The molecular formula is C39H52O9Si. The first kappa shape index (κ1) is 37.4. The molecule has 3 aromatic rings. The van der Waals surface area contributed by atoms with Crippen LogP contribution in [-0.4, -0.2) is 72.1 Å². The van der Waals surface area contributed by atoms with Gasteiger partial charge in [0.25, 0.3) is 0 Å². The first-order valence-electron chi connectivity index (χ1n) is 16.1. The highest BCUT2D eigenvalue weighted by molar-refractivity contribution is 7.14. The molecule has 1 aliphatic carbocycles. The zero-order valence-corrected chi connectivity index (χ0v) is 33.0. The number of allylic oxidation sites excluding steroid dienone is 4. The molecule has 0 heterocycles. The lowest BCUT2D eigenvalue weighted by Gasteiger charge is -2.44. The molecule has 1 aliphatic rings. The van der Waals surface area contributed by atoms with Crippen molar-refractivity contribution in [3.05, 3.63) is 57.2 Å². The number of rotatable bonds is 13. The molecule has 0 unspecified atom stereocenters. The summed E-state index contributed by atoms with van der Waals surface area (Å²) < 4.78 is 54.4. The van der Waals surface area contributed by atoms with Gasteiger partial charge in [-0.1, -0.05) is 11.1 Å². The topological polar surface area (TPSA) is 83.1 Å². The van der Waals surface area contributed by atoms with Crippen molar-refractivity contribution in [2.45, 2.75) is 54.0 Å². The van der Waals surface area contributed by atoms with Gasteiger partial charge in [-0.3, -0.25) is 0 Å². The summed E-state index contributed by atoms with van der Waals surface area (Å²) >= 11 is 0. The lowest BCUT2D eigenvalue weighted by Crippen LogP contribution is -2.72. The molecule has 0 saturated carbocycles. The fraction of sp³-hybridized carbons (Fsp3) is 0.436. The van der Waals surface area contributed by atoms with Gasteiger partial charge in [0.2, 0.25) is 17.2 Å². The van der Waals surface area contributed by atoms with Crippen LogP contribution < -0.4 is 58.2 Å². The van der Waals surface area contributed by atoms with Crippen LogP contribution in [0.4, 0.5) is 0 Å².